The number of hydrogen-bond donors (Lipinski definition) is 2. The number of carbonyl (C=O) groups is 1. The van der Waals surface area contributed by atoms with Crippen molar-refractivity contribution in [2.45, 2.75) is 57.2 Å². The summed E-state index contributed by atoms with van der Waals surface area (Å²) in [5.74, 6) is 0.234. The first-order chi connectivity index (χ1) is 12.7. The molecule has 1 amide bonds. The number of fused-ring (bicyclic) bond motifs is 2. The molecule has 142 valence electrons. The summed E-state index contributed by atoms with van der Waals surface area (Å²) in [7, 11) is 0. The van der Waals surface area contributed by atoms with Crippen LogP contribution in [0.15, 0.2) is 24.3 Å². The lowest BCUT2D eigenvalue weighted by Gasteiger charge is -2.36. The van der Waals surface area contributed by atoms with Gasteiger partial charge in [-0.15, -0.1) is 0 Å². The second-order valence-corrected chi connectivity index (χ2v) is 8.29. The van der Waals surface area contributed by atoms with E-state index in [2.05, 4.69) is 51.6 Å². The number of nitrogens with one attached hydrogen (secondary N) is 2. The van der Waals surface area contributed by atoms with Gasteiger partial charge in [0.05, 0.1) is 0 Å². The number of benzene rings is 1. The standard InChI is InChI=1S/C21H32N4O/c1-16-3-2-4-20(13-16)25-11-9-24(10-12-25)8-7-21(26)23-19-14-17-5-6-18(15-19)22-17/h2-4,13,17-19,22H,5-12,14-15H2,1H3,(H,23,26). The Balaban J connectivity index is 1.17. The Labute approximate surface area is 157 Å². The van der Waals surface area contributed by atoms with E-state index in [9.17, 15) is 4.79 Å². The van der Waals surface area contributed by atoms with E-state index in [-0.39, 0.29) is 5.91 Å². The minimum atomic E-state index is 0.234. The minimum Gasteiger partial charge on any atom is -0.369 e. The van der Waals surface area contributed by atoms with E-state index >= 15 is 0 Å². The molecule has 3 saturated heterocycles. The third-order valence-electron chi connectivity index (χ3n) is 6.23. The maximum atomic E-state index is 12.3. The van der Waals surface area contributed by atoms with Crippen molar-refractivity contribution in [3.63, 3.8) is 0 Å². The summed E-state index contributed by atoms with van der Waals surface area (Å²) in [4.78, 5) is 17.2. The van der Waals surface area contributed by atoms with Gasteiger partial charge in [0, 0.05) is 63.0 Å². The maximum Gasteiger partial charge on any atom is 0.221 e. The molecular formula is C21H32N4O. The van der Waals surface area contributed by atoms with Crippen molar-refractivity contribution >= 4 is 11.6 Å². The van der Waals surface area contributed by atoms with Gasteiger partial charge in [-0.3, -0.25) is 9.69 Å². The zero-order valence-electron chi connectivity index (χ0n) is 15.9. The van der Waals surface area contributed by atoms with Crippen LogP contribution in [0.5, 0.6) is 0 Å². The highest BCUT2D eigenvalue weighted by Crippen LogP contribution is 2.26. The van der Waals surface area contributed by atoms with Gasteiger partial charge in [0.1, 0.15) is 0 Å². The summed E-state index contributed by atoms with van der Waals surface area (Å²) >= 11 is 0. The zero-order valence-corrected chi connectivity index (χ0v) is 15.9. The van der Waals surface area contributed by atoms with Gasteiger partial charge in [-0.25, -0.2) is 0 Å². The van der Waals surface area contributed by atoms with Crippen LogP contribution in [0.1, 0.15) is 37.7 Å². The van der Waals surface area contributed by atoms with Crippen LogP contribution in [0.3, 0.4) is 0 Å². The third-order valence-corrected chi connectivity index (χ3v) is 6.23. The Morgan fingerprint density at radius 3 is 2.58 bits per heavy atom. The summed E-state index contributed by atoms with van der Waals surface area (Å²) in [6, 6.07) is 10.4. The van der Waals surface area contributed by atoms with Gasteiger partial charge in [-0.05, 0) is 50.3 Å². The van der Waals surface area contributed by atoms with Crippen molar-refractivity contribution in [3.05, 3.63) is 29.8 Å². The molecule has 5 nitrogen and oxygen atoms in total. The van der Waals surface area contributed by atoms with Gasteiger partial charge >= 0.3 is 0 Å². The van der Waals surface area contributed by atoms with E-state index in [4.69, 9.17) is 0 Å². The average molecular weight is 357 g/mol. The number of amides is 1. The van der Waals surface area contributed by atoms with Crippen LogP contribution in [0, 0.1) is 6.92 Å². The van der Waals surface area contributed by atoms with E-state index in [1.165, 1.54) is 24.1 Å². The Bertz CT molecular complexity index is 614. The molecule has 2 N–H and O–H groups in total. The van der Waals surface area contributed by atoms with Crippen molar-refractivity contribution in [2.24, 2.45) is 0 Å². The number of carbonyl (C=O) groups excluding carboxylic acids is 1. The van der Waals surface area contributed by atoms with E-state index in [1.54, 1.807) is 0 Å². The van der Waals surface area contributed by atoms with Crippen LogP contribution in [-0.2, 0) is 4.79 Å². The first-order valence-corrected chi connectivity index (χ1v) is 10.2. The second kappa shape index (κ2) is 7.97. The van der Waals surface area contributed by atoms with Crippen LogP contribution < -0.4 is 15.5 Å². The summed E-state index contributed by atoms with van der Waals surface area (Å²) in [6.07, 6.45) is 5.41. The number of hydrogen-bond acceptors (Lipinski definition) is 4. The first-order valence-electron chi connectivity index (χ1n) is 10.2. The quantitative estimate of drug-likeness (QED) is 0.846. The smallest absolute Gasteiger partial charge is 0.221 e. The number of anilines is 1. The highest BCUT2D eigenvalue weighted by Gasteiger charge is 2.33. The molecular weight excluding hydrogens is 324 g/mol. The second-order valence-electron chi connectivity index (χ2n) is 8.29. The molecule has 1 aromatic rings. The van der Waals surface area contributed by atoms with Crippen molar-refractivity contribution in [1.82, 2.24) is 15.5 Å². The van der Waals surface area contributed by atoms with E-state index in [0.29, 0.717) is 24.5 Å². The summed E-state index contributed by atoms with van der Waals surface area (Å²) in [5.41, 5.74) is 2.64. The molecule has 26 heavy (non-hydrogen) atoms. The SMILES string of the molecule is Cc1cccc(N2CCN(CCC(=O)NC3CC4CCC(C3)N4)CC2)c1. The lowest BCUT2D eigenvalue weighted by molar-refractivity contribution is -0.122. The third kappa shape index (κ3) is 4.38. The highest BCUT2D eigenvalue weighted by atomic mass is 16.1. The van der Waals surface area contributed by atoms with Gasteiger partial charge in [0.15, 0.2) is 0 Å². The Morgan fingerprint density at radius 1 is 1.15 bits per heavy atom. The molecule has 0 aliphatic carbocycles. The largest absolute Gasteiger partial charge is 0.369 e. The molecule has 3 fully saturated rings. The van der Waals surface area contributed by atoms with Crippen molar-refractivity contribution in [1.29, 1.82) is 0 Å². The zero-order chi connectivity index (χ0) is 17.9. The van der Waals surface area contributed by atoms with Gasteiger partial charge in [-0.2, -0.15) is 0 Å². The van der Waals surface area contributed by atoms with E-state index < -0.39 is 0 Å². The first kappa shape index (κ1) is 17.8. The lowest BCUT2D eigenvalue weighted by atomic mass is 10.00. The Hall–Kier alpha value is -1.59. The van der Waals surface area contributed by atoms with Crippen molar-refractivity contribution in [2.75, 3.05) is 37.6 Å². The summed E-state index contributed by atoms with van der Waals surface area (Å²) in [6.45, 7) is 7.19. The fourth-order valence-corrected chi connectivity index (χ4v) is 4.79. The number of nitrogens with zero attached hydrogens (tertiary/aromatic N) is 2. The summed E-state index contributed by atoms with van der Waals surface area (Å²) < 4.78 is 0. The molecule has 3 aliphatic heterocycles. The molecule has 2 unspecified atom stereocenters. The average Bonchev–Trinajstić information content (AvgIpc) is 2.99. The molecule has 4 rings (SSSR count). The number of aryl methyl sites for hydroxylation is 1. The predicted molar refractivity (Wildman–Crippen MR) is 106 cm³/mol. The topological polar surface area (TPSA) is 47.6 Å². The van der Waals surface area contributed by atoms with Crippen LogP contribution in [0.2, 0.25) is 0 Å². The van der Waals surface area contributed by atoms with E-state index in [0.717, 1.165) is 45.6 Å². The monoisotopic (exact) mass is 356 g/mol. The molecule has 2 atom stereocenters. The molecule has 1 aromatic carbocycles. The van der Waals surface area contributed by atoms with Gasteiger partial charge in [-0.1, -0.05) is 12.1 Å². The van der Waals surface area contributed by atoms with Gasteiger partial charge in [0.2, 0.25) is 5.91 Å². The van der Waals surface area contributed by atoms with Crippen LogP contribution >= 0.6 is 0 Å². The molecule has 3 heterocycles. The normalized spacial score (nSPS) is 29.0. The van der Waals surface area contributed by atoms with Gasteiger partial charge < -0.3 is 15.5 Å². The highest BCUT2D eigenvalue weighted by molar-refractivity contribution is 5.76. The molecule has 0 spiro atoms. The van der Waals surface area contributed by atoms with Crippen molar-refractivity contribution < 1.29 is 4.79 Å². The maximum absolute atomic E-state index is 12.3. The molecule has 5 heteroatoms. The number of rotatable bonds is 5. The molecule has 2 bridgehead atoms. The molecule has 3 aliphatic rings. The van der Waals surface area contributed by atoms with Gasteiger partial charge in [0.25, 0.3) is 0 Å². The van der Waals surface area contributed by atoms with E-state index in [1.807, 2.05) is 0 Å². The van der Waals surface area contributed by atoms with Crippen molar-refractivity contribution in [3.8, 4) is 0 Å². The molecule has 0 radical (unpaired) electrons. The minimum absolute atomic E-state index is 0.234. The van der Waals surface area contributed by atoms with Crippen LogP contribution in [-0.4, -0.2) is 61.7 Å². The van der Waals surface area contributed by atoms with Crippen LogP contribution in [0.25, 0.3) is 0 Å². The lowest BCUT2D eigenvalue weighted by Crippen LogP contribution is -2.49. The summed E-state index contributed by atoms with van der Waals surface area (Å²) in [5, 5.41) is 6.92. The van der Waals surface area contributed by atoms with Crippen LogP contribution in [0.4, 0.5) is 5.69 Å². The fourth-order valence-electron chi connectivity index (χ4n) is 4.79. The molecule has 0 saturated carbocycles. The Morgan fingerprint density at radius 2 is 1.88 bits per heavy atom. The Kier molecular flexibility index (Phi) is 5.46. The fraction of sp³-hybridized carbons (Fsp3) is 0.667. The number of piperidine rings is 1. The molecule has 0 aromatic heterocycles. The predicted octanol–water partition coefficient (Wildman–Crippen LogP) is 1.91. The number of piperazine rings is 1.